The van der Waals surface area contributed by atoms with Gasteiger partial charge < -0.3 is 11.5 Å². The molecule has 0 heterocycles. The Bertz CT molecular complexity index is 242. The fraction of sp³-hybridized carbons (Fsp3) is 0. The molecule has 4 N–H and O–H groups in total. The van der Waals surface area contributed by atoms with Crippen LogP contribution >= 0.6 is 0 Å². The molecule has 12 heavy (non-hydrogen) atoms. The first kappa shape index (κ1) is 10.2. The van der Waals surface area contributed by atoms with Crippen LogP contribution in [0, 0.1) is 0 Å². The lowest BCUT2D eigenvalue weighted by molar-refractivity contribution is 0.112. The second-order valence-electron chi connectivity index (χ2n) is 1.93. The average molecular weight is 166 g/mol. The maximum Gasteiger partial charge on any atom is 0.309 e. The van der Waals surface area contributed by atoms with Crippen molar-refractivity contribution >= 4 is 12.3 Å². The van der Waals surface area contributed by atoms with Crippen LogP contribution in [0.3, 0.4) is 0 Å². The van der Waals surface area contributed by atoms with E-state index in [0.717, 1.165) is 11.8 Å². The van der Waals surface area contributed by atoms with Crippen LogP contribution in [0.15, 0.2) is 30.3 Å². The van der Waals surface area contributed by atoms with Gasteiger partial charge in [-0.15, -0.1) is 0 Å². The molecule has 4 heteroatoms. The lowest BCUT2D eigenvalue weighted by atomic mass is 10.2. The van der Waals surface area contributed by atoms with Crippen molar-refractivity contribution < 1.29 is 9.59 Å². The molecule has 0 unspecified atom stereocenters. The van der Waals surface area contributed by atoms with E-state index in [1.165, 1.54) is 0 Å². The molecule has 4 nitrogen and oxygen atoms in total. The first-order valence-corrected chi connectivity index (χ1v) is 3.22. The Labute approximate surface area is 70.2 Å². The van der Waals surface area contributed by atoms with E-state index in [4.69, 9.17) is 4.79 Å². The number of benzene rings is 1. The van der Waals surface area contributed by atoms with Gasteiger partial charge >= 0.3 is 6.03 Å². The lowest BCUT2D eigenvalue weighted by Crippen LogP contribution is -2.18. The highest BCUT2D eigenvalue weighted by Gasteiger charge is 1.79. The minimum absolute atomic E-state index is 0.729. The van der Waals surface area contributed by atoms with Crippen molar-refractivity contribution in [3.63, 3.8) is 0 Å². The first-order chi connectivity index (χ1) is 5.66. The summed E-state index contributed by atoms with van der Waals surface area (Å²) in [6.07, 6.45) is 0.833. The van der Waals surface area contributed by atoms with Gasteiger partial charge in [0.1, 0.15) is 6.29 Å². The van der Waals surface area contributed by atoms with E-state index in [2.05, 4.69) is 11.5 Å². The normalized spacial score (nSPS) is 7.67. The Hall–Kier alpha value is -1.84. The molecule has 0 bridgehead atoms. The molecule has 0 aliphatic heterocycles. The Morgan fingerprint density at radius 2 is 1.58 bits per heavy atom. The summed E-state index contributed by atoms with van der Waals surface area (Å²) in [5.74, 6) is 0. The summed E-state index contributed by atoms with van der Waals surface area (Å²) in [6.45, 7) is 0. The summed E-state index contributed by atoms with van der Waals surface area (Å²) >= 11 is 0. The van der Waals surface area contributed by atoms with Gasteiger partial charge in [0.05, 0.1) is 0 Å². The second-order valence-corrected chi connectivity index (χ2v) is 1.93. The molecule has 0 fully saturated rings. The lowest BCUT2D eigenvalue weighted by Gasteiger charge is -1.81. The van der Waals surface area contributed by atoms with Gasteiger partial charge in [0, 0.05) is 5.56 Å². The van der Waals surface area contributed by atoms with Gasteiger partial charge in [-0.3, -0.25) is 4.79 Å². The molecule has 1 aromatic rings. The van der Waals surface area contributed by atoms with Crippen LogP contribution in [0.1, 0.15) is 10.4 Å². The van der Waals surface area contributed by atoms with Crippen LogP contribution in [0.2, 0.25) is 0 Å². The fourth-order valence-electron chi connectivity index (χ4n) is 0.532. The number of amides is 2. The van der Waals surface area contributed by atoms with Crippen LogP contribution in [0.25, 0.3) is 0 Å². The smallest absolute Gasteiger partial charge is 0.309 e. The molecule has 0 aromatic heterocycles. The molecule has 0 radical (unpaired) electrons. The minimum Gasteiger partial charge on any atom is -0.352 e. The highest BCUT2D eigenvalue weighted by atomic mass is 16.2. The Balaban J connectivity index is 0.000000261. The van der Waals surface area contributed by atoms with Crippen LogP contribution in [-0.2, 0) is 0 Å². The molecule has 2 amide bonds. The molecule has 0 saturated carbocycles. The average Bonchev–Trinajstić information content (AvgIpc) is 2.05. The molecule has 1 aromatic carbocycles. The van der Waals surface area contributed by atoms with E-state index >= 15 is 0 Å². The van der Waals surface area contributed by atoms with E-state index in [0.29, 0.717) is 0 Å². The zero-order valence-corrected chi connectivity index (χ0v) is 6.44. The monoisotopic (exact) mass is 166 g/mol. The number of urea groups is 1. The van der Waals surface area contributed by atoms with Gasteiger partial charge in [0.15, 0.2) is 0 Å². The molecule has 0 atom stereocenters. The number of carbonyl (C=O) groups is 2. The highest BCUT2D eigenvalue weighted by molar-refractivity contribution is 5.74. The van der Waals surface area contributed by atoms with Crippen LogP contribution < -0.4 is 11.5 Å². The number of rotatable bonds is 1. The van der Waals surface area contributed by atoms with Crippen molar-refractivity contribution in [3.05, 3.63) is 35.9 Å². The maximum atomic E-state index is 10.0. The minimum atomic E-state index is -0.833. The molecule has 0 aliphatic rings. The zero-order chi connectivity index (χ0) is 9.40. The Morgan fingerprint density at radius 3 is 1.83 bits per heavy atom. The summed E-state index contributed by atoms with van der Waals surface area (Å²) in [7, 11) is 0. The van der Waals surface area contributed by atoms with Crippen LogP contribution in [-0.4, -0.2) is 12.3 Å². The van der Waals surface area contributed by atoms with Gasteiger partial charge in [0.2, 0.25) is 0 Å². The van der Waals surface area contributed by atoms with Gasteiger partial charge in [-0.05, 0) is 0 Å². The van der Waals surface area contributed by atoms with Gasteiger partial charge in [-0.2, -0.15) is 0 Å². The third-order valence-corrected chi connectivity index (χ3v) is 0.936. The number of primary amides is 2. The third-order valence-electron chi connectivity index (χ3n) is 0.936. The number of carbonyl (C=O) groups excluding carboxylic acids is 2. The van der Waals surface area contributed by atoms with Crippen molar-refractivity contribution in [2.45, 2.75) is 0 Å². The predicted molar refractivity (Wildman–Crippen MR) is 45.6 cm³/mol. The number of hydrogen-bond donors (Lipinski definition) is 2. The van der Waals surface area contributed by atoms with Crippen molar-refractivity contribution in [2.24, 2.45) is 11.5 Å². The number of hydrogen-bond acceptors (Lipinski definition) is 2. The first-order valence-electron chi connectivity index (χ1n) is 3.22. The Morgan fingerprint density at radius 1 is 1.17 bits per heavy atom. The molecule has 0 aliphatic carbocycles. The van der Waals surface area contributed by atoms with E-state index in [1.807, 2.05) is 18.2 Å². The zero-order valence-electron chi connectivity index (χ0n) is 6.44. The second kappa shape index (κ2) is 5.91. The van der Waals surface area contributed by atoms with Crippen molar-refractivity contribution in [1.29, 1.82) is 0 Å². The molecular weight excluding hydrogens is 156 g/mol. The SMILES string of the molecule is NC(N)=O.O=Cc1ccccc1. The summed E-state index contributed by atoms with van der Waals surface area (Å²) in [6, 6.07) is 8.26. The van der Waals surface area contributed by atoms with E-state index in [1.54, 1.807) is 12.1 Å². The van der Waals surface area contributed by atoms with Crippen LogP contribution in [0.5, 0.6) is 0 Å². The van der Waals surface area contributed by atoms with Crippen LogP contribution in [0.4, 0.5) is 4.79 Å². The highest BCUT2D eigenvalue weighted by Crippen LogP contribution is 1.91. The fourth-order valence-corrected chi connectivity index (χ4v) is 0.532. The molecular formula is C8H10N2O2. The summed E-state index contributed by atoms with van der Waals surface area (Å²) in [5.41, 5.74) is 9.23. The summed E-state index contributed by atoms with van der Waals surface area (Å²) < 4.78 is 0. The van der Waals surface area contributed by atoms with Crippen molar-refractivity contribution in [3.8, 4) is 0 Å². The quantitative estimate of drug-likeness (QED) is 0.596. The Kier molecular flexibility index (Phi) is 5.00. The largest absolute Gasteiger partial charge is 0.352 e. The van der Waals surface area contributed by atoms with E-state index < -0.39 is 6.03 Å². The number of aldehydes is 1. The maximum absolute atomic E-state index is 10.0. The molecule has 0 saturated heterocycles. The standard InChI is InChI=1S/C7H6O.CH4N2O/c8-6-7-4-2-1-3-5-7;2-1(3)4/h1-6H;(H4,2,3,4). The summed E-state index contributed by atoms with van der Waals surface area (Å²) in [4.78, 5) is 19.0. The summed E-state index contributed by atoms with van der Waals surface area (Å²) in [5, 5.41) is 0. The third kappa shape index (κ3) is 6.28. The predicted octanol–water partition coefficient (Wildman–Crippen LogP) is 0.523. The molecule has 64 valence electrons. The topological polar surface area (TPSA) is 86.2 Å². The van der Waals surface area contributed by atoms with Crippen molar-refractivity contribution in [1.82, 2.24) is 0 Å². The number of nitrogens with two attached hydrogens (primary N) is 2. The van der Waals surface area contributed by atoms with E-state index in [9.17, 15) is 4.79 Å². The van der Waals surface area contributed by atoms with Crippen molar-refractivity contribution in [2.75, 3.05) is 0 Å². The van der Waals surface area contributed by atoms with Gasteiger partial charge in [0.25, 0.3) is 0 Å². The van der Waals surface area contributed by atoms with Gasteiger partial charge in [-0.25, -0.2) is 4.79 Å². The van der Waals surface area contributed by atoms with Gasteiger partial charge in [-0.1, -0.05) is 30.3 Å². The molecule has 1 rings (SSSR count). The molecule has 0 spiro atoms. The van der Waals surface area contributed by atoms with E-state index in [-0.39, 0.29) is 0 Å².